The molecule has 5 N–H and O–H groups in total. The van der Waals surface area contributed by atoms with Crippen LogP contribution in [0.25, 0.3) is 0 Å². The van der Waals surface area contributed by atoms with Crippen LogP contribution in [0.4, 0.5) is 0 Å². The van der Waals surface area contributed by atoms with Gasteiger partial charge >= 0.3 is 5.97 Å². The van der Waals surface area contributed by atoms with E-state index < -0.39 is 29.0 Å². The molecule has 2 heterocycles. The van der Waals surface area contributed by atoms with Gasteiger partial charge in [0, 0.05) is 30.2 Å². The Labute approximate surface area is 294 Å². The number of ether oxygens (including phenoxy) is 2. The molecule has 0 bridgehead atoms. The Kier molecular flexibility index (Phi) is 11.6. The number of fused-ring (bicyclic) bond motifs is 3. The zero-order valence-corrected chi connectivity index (χ0v) is 30.5. The molecule has 0 aromatic carbocycles. The first-order valence-electron chi connectivity index (χ1n) is 19.7. The van der Waals surface area contributed by atoms with Crippen LogP contribution >= 0.6 is 0 Å². The molecule has 0 aromatic rings. The van der Waals surface area contributed by atoms with Crippen molar-refractivity contribution in [1.82, 2.24) is 10.6 Å². The van der Waals surface area contributed by atoms with Crippen molar-refractivity contribution in [2.75, 3.05) is 26.3 Å². The van der Waals surface area contributed by atoms with Crippen molar-refractivity contribution in [2.45, 2.75) is 135 Å². The number of epoxide rings is 1. The topological polar surface area (TPSA) is 143 Å². The maximum atomic E-state index is 14.8. The predicted molar refractivity (Wildman–Crippen MR) is 189 cm³/mol. The Bertz CT molecular complexity index is 1300. The first-order chi connectivity index (χ1) is 23.5. The second-order valence-corrected chi connectivity index (χ2v) is 16.9. The lowest BCUT2D eigenvalue weighted by Crippen LogP contribution is -2.60. The Morgan fingerprint density at radius 1 is 1.14 bits per heavy atom. The summed E-state index contributed by atoms with van der Waals surface area (Å²) in [7, 11) is 0. The summed E-state index contributed by atoms with van der Waals surface area (Å²) in [5.74, 6) is 0.0615. The number of ketones is 2. The largest absolute Gasteiger partial charge is 0.463 e. The maximum Gasteiger partial charge on any atom is 0.350 e. The van der Waals surface area contributed by atoms with E-state index in [4.69, 9.17) is 15.2 Å². The molecule has 4 aliphatic carbocycles. The Morgan fingerprint density at radius 2 is 1.96 bits per heavy atom. The van der Waals surface area contributed by atoms with E-state index in [1.165, 1.54) is 0 Å². The first kappa shape index (κ1) is 36.9. The summed E-state index contributed by atoms with van der Waals surface area (Å²) in [6.07, 6.45) is 15.8. The highest BCUT2D eigenvalue weighted by Gasteiger charge is 2.87. The molecule has 6 aliphatic rings. The molecule has 5 fully saturated rings. The summed E-state index contributed by atoms with van der Waals surface area (Å²) in [5.41, 5.74) is 4.30. The lowest BCUT2D eigenvalue weighted by molar-refractivity contribution is -0.161. The van der Waals surface area contributed by atoms with Gasteiger partial charge in [-0.15, -0.1) is 0 Å². The van der Waals surface area contributed by atoms with Crippen LogP contribution < -0.4 is 16.4 Å². The summed E-state index contributed by atoms with van der Waals surface area (Å²) in [5, 5.41) is 17.6. The van der Waals surface area contributed by atoms with Crippen LogP contribution in [0.5, 0.6) is 0 Å². The fraction of sp³-hybridized carbons (Fsp3) is 0.825. The van der Waals surface area contributed by atoms with E-state index in [9.17, 15) is 19.5 Å². The van der Waals surface area contributed by atoms with Crippen LogP contribution in [0.15, 0.2) is 23.3 Å². The van der Waals surface area contributed by atoms with Crippen LogP contribution in [-0.2, 0) is 23.9 Å². The summed E-state index contributed by atoms with van der Waals surface area (Å²) in [6, 6.07) is 0.215. The lowest BCUT2D eigenvalue weighted by atomic mass is 9.56. The van der Waals surface area contributed by atoms with Crippen molar-refractivity contribution in [3.63, 3.8) is 0 Å². The molecule has 0 amide bonds. The molecular formula is C40H63N3O6. The summed E-state index contributed by atoms with van der Waals surface area (Å²) < 4.78 is 12.6. The second kappa shape index (κ2) is 15.4. The molecule has 9 nitrogen and oxygen atoms in total. The van der Waals surface area contributed by atoms with Gasteiger partial charge in [0.1, 0.15) is 0 Å². The van der Waals surface area contributed by atoms with Crippen LogP contribution in [0.2, 0.25) is 0 Å². The van der Waals surface area contributed by atoms with E-state index >= 15 is 0 Å². The molecule has 9 heteroatoms. The van der Waals surface area contributed by atoms with Crippen LogP contribution in [0, 0.1) is 47.3 Å². The number of Topliss-reactive ketones (excluding diaryl/α,β-unsaturated/α-hetero) is 2. The number of allylic oxidation sites excluding steroid dienone is 3. The van der Waals surface area contributed by atoms with Crippen LogP contribution in [0.3, 0.4) is 0 Å². The van der Waals surface area contributed by atoms with Gasteiger partial charge in [0.05, 0.1) is 19.4 Å². The van der Waals surface area contributed by atoms with Crippen LogP contribution in [-0.4, -0.2) is 72.4 Å². The van der Waals surface area contributed by atoms with E-state index in [2.05, 4.69) is 43.6 Å². The molecular weight excluding hydrogens is 618 g/mol. The van der Waals surface area contributed by atoms with Gasteiger partial charge < -0.3 is 30.9 Å². The Balaban J connectivity index is 1.26. The molecule has 0 aromatic heterocycles. The number of nitrogens with two attached hydrogens (primary N) is 1. The number of rotatable bonds is 13. The minimum Gasteiger partial charge on any atom is -0.463 e. The van der Waals surface area contributed by atoms with Gasteiger partial charge in [0.2, 0.25) is 0 Å². The summed E-state index contributed by atoms with van der Waals surface area (Å²) >= 11 is 0. The highest BCUT2D eigenvalue weighted by molar-refractivity contribution is 6.23. The van der Waals surface area contributed by atoms with Crippen molar-refractivity contribution in [1.29, 1.82) is 0 Å². The molecule has 2 aliphatic heterocycles. The number of carbonyl (C=O) groups excluding carboxylic acids is 3. The normalized spacial score (nSPS) is 40.7. The van der Waals surface area contributed by atoms with Crippen molar-refractivity contribution in [2.24, 2.45) is 53.1 Å². The minimum absolute atomic E-state index is 0.00198. The quantitative estimate of drug-likeness (QED) is 0.0914. The number of hydrogen-bond acceptors (Lipinski definition) is 9. The lowest BCUT2D eigenvalue weighted by Gasteiger charge is -2.43. The van der Waals surface area contributed by atoms with E-state index in [-0.39, 0.29) is 55.2 Å². The van der Waals surface area contributed by atoms with Gasteiger partial charge in [0.25, 0.3) is 5.60 Å². The van der Waals surface area contributed by atoms with E-state index in [0.717, 1.165) is 89.3 Å². The fourth-order valence-corrected chi connectivity index (χ4v) is 10.7. The number of aliphatic hydroxyl groups excluding tert-OH is 1. The van der Waals surface area contributed by atoms with E-state index in [1.807, 2.05) is 6.92 Å². The number of aliphatic hydroxyl groups is 1. The monoisotopic (exact) mass is 681 g/mol. The Hall–Kier alpha value is -1.91. The van der Waals surface area contributed by atoms with E-state index in [0.29, 0.717) is 35.7 Å². The molecule has 11 atom stereocenters. The SMILES string of the molecule is CCNC1CC2C=CCCC2CC1COC(=O)C12OC1(CC(CO)=C(C)CCC1CCNC(N)C1)C(=O)C1CCCC(CC(C)C)C1C2=O. The molecule has 6 rings (SSSR count). The minimum atomic E-state index is -1.93. The third-order valence-electron chi connectivity index (χ3n) is 13.4. The van der Waals surface area contributed by atoms with Crippen molar-refractivity contribution < 1.29 is 29.0 Å². The number of hydrogen-bond donors (Lipinski definition) is 4. The molecule has 0 radical (unpaired) electrons. The fourth-order valence-electron chi connectivity index (χ4n) is 10.7. The zero-order valence-electron chi connectivity index (χ0n) is 30.5. The number of piperidine rings is 1. The third-order valence-corrected chi connectivity index (χ3v) is 13.4. The van der Waals surface area contributed by atoms with Gasteiger partial charge in [-0.2, -0.15) is 0 Å². The highest BCUT2D eigenvalue weighted by atomic mass is 16.7. The molecule has 11 unspecified atom stereocenters. The van der Waals surface area contributed by atoms with Gasteiger partial charge in [0.15, 0.2) is 17.2 Å². The highest BCUT2D eigenvalue weighted by Crippen LogP contribution is 2.63. The molecule has 49 heavy (non-hydrogen) atoms. The number of esters is 1. The average Bonchev–Trinajstić information content (AvgIpc) is 3.79. The number of nitrogens with one attached hydrogen (secondary N) is 2. The molecule has 2 saturated heterocycles. The molecule has 0 spiro atoms. The third kappa shape index (κ3) is 7.13. The Morgan fingerprint density at radius 3 is 2.69 bits per heavy atom. The van der Waals surface area contributed by atoms with Gasteiger partial charge in [-0.05, 0) is 126 Å². The molecule has 3 saturated carbocycles. The number of carbonyl (C=O) groups is 3. The predicted octanol–water partition coefficient (Wildman–Crippen LogP) is 5.00. The maximum absolute atomic E-state index is 14.8. The van der Waals surface area contributed by atoms with Crippen molar-refractivity contribution in [3.05, 3.63) is 23.3 Å². The summed E-state index contributed by atoms with van der Waals surface area (Å²) in [4.78, 5) is 44.0. The molecule has 274 valence electrons. The zero-order chi connectivity index (χ0) is 34.9. The van der Waals surface area contributed by atoms with Gasteiger partial charge in [-0.25, -0.2) is 4.79 Å². The van der Waals surface area contributed by atoms with Crippen molar-refractivity contribution in [3.8, 4) is 0 Å². The first-order valence-corrected chi connectivity index (χ1v) is 19.7. The smallest absolute Gasteiger partial charge is 0.350 e. The van der Waals surface area contributed by atoms with Gasteiger partial charge in [-0.1, -0.05) is 44.9 Å². The van der Waals surface area contributed by atoms with Gasteiger partial charge in [-0.3, -0.25) is 9.59 Å². The van der Waals surface area contributed by atoms with Crippen molar-refractivity contribution >= 4 is 17.5 Å². The summed E-state index contributed by atoms with van der Waals surface area (Å²) in [6.45, 7) is 10.1. The standard InChI is InChI=1S/C40H63N3O6/c1-5-42-33-20-28-10-7-6-9-27(28)19-30(33)23-48-38(47)40-37(46)35-29(17-24(2)3)11-8-12-32(35)36(45)39(40,49-40)21-31(22-44)25(4)13-14-26-15-16-43-34(41)18-26/h7,10,24,26-30,32-35,42-44H,5-6,8-9,11-23,41H2,1-4H3. The van der Waals surface area contributed by atoms with E-state index in [1.54, 1.807) is 0 Å². The average molecular weight is 682 g/mol. The van der Waals surface area contributed by atoms with Crippen LogP contribution in [0.1, 0.15) is 111 Å². The second-order valence-electron chi connectivity index (χ2n) is 16.9.